The number of para-hydroxylation sites is 1. The van der Waals surface area contributed by atoms with E-state index in [0.29, 0.717) is 0 Å². The molecule has 1 unspecified atom stereocenters. The molecule has 0 fully saturated rings. The number of carbonyl (C=O) groups excluding carboxylic acids is 1. The summed E-state index contributed by atoms with van der Waals surface area (Å²) in [6.45, 7) is 2.42. The van der Waals surface area contributed by atoms with Crippen LogP contribution in [0.4, 0.5) is 0 Å². The van der Waals surface area contributed by atoms with Crippen molar-refractivity contribution < 1.29 is 4.79 Å². The molecule has 24 heavy (non-hydrogen) atoms. The van der Waals surface area contributed by atoms with Gasteiger partial charge in [0, 0.05) is 23.5 Å². The quantitative estimate of drug-likeness (QED) is 0.828. The number of hydrazine groups is 1. The van der Waals surface area contributed by atoms with E-state index in [0.717, 1.165) is 40.9 Å². The monoisotopic (exact) mass is 387 g/mol. The summed E-state index contributed by atoms with van der Waals surface area (Å²) >= 11 is 3.62. The SMILES string of the molecule is CC(=O)NC1C=C2c3c(cnn3-c3ccccc3Br)CCCN2N1. The van der Waals surface area contributed by atoms with Crippen molar-refractivity contribution >= 4 is 27.5 Å². The molecule has 4 rings (SSSR count). The van der Waals surface area contributed by atoms with Gasteiger partial charge in [-0.2, -0.15) is 5.10 Å². The molecule has 1 atom stereocenters. The third-order valence-corrected chi connectivity index (χ3v) is 4.94. The third kappa shape index (κ3) is 2.63. The predicted octanol–water partition coefficient (Wildman–Crippen LogP) is 2.20. The molecule has 2 aliphatic heterocycles. The Hall–Kier alpha value is -2.12. The second-order valence-corrected chi connectivity index (χ2v) is 6.85. The highest BCUT2D eigenvalue weighted by atomic mass is 79.9. The lowest BCUT2D eigenvalue weighted by Gasteiger charge is -2.23. The van der Waals surface area contributed by atoms with Crippen LogP contribution in [-0.2, 0) is 11.2 Å². The number of carbonyl (C=O) groups is 1. The van der Waals surface area contributed by atoms with E-state index in [4.69, 9.17) is 0 Å². The molecule has 124 valence electrons. The standard InChI is InChI=1S/C17H18BrN5O/c1-11(24)20-16-9-15-17-12(5-4-8-22(15)21-16)10-19-23(17)14-7-3-2-6-13(14)18/h2-3,6-7,9-10,16,21H,4-5,8H2,1H3,(H,20,24). The normalized spacial score (nSPS) is 19.3. The average molecular weight is 388 g/mol. The van der Waals surface area contributed by atoms with Gasteiger partial charge in [-0.3, -0.25) is 4.79 Å². The van der Waals surface area contributed by atoms with E-state index in [2.05, 4.69) is 42.9 Å². The maximum absolute atomic E-state index is 11.4. The summed E-state index contributed by atoms with van der Waals surface area (Å²) in [6, 6.07) is 8.05. The first kappa shape index (κ1) is 15.4. The number of amides is 1. The van der Waals surface area contributed by atoms with Crippen molar-refractivity contribution in [2.24, 2.45) is 0 Å². The largest absolute Gasteiger partial charge is 0.336 e. The van der Waals surface area contributed by atoms with Gasteiger partial charge in [-0.15, -0.1) is 0 Å². The molecule has 6 nitrogen and oxygen atoms in total. The summed E-state index contributed by atoms with van der Waals surface area (Å²) in [6.07, 6.45) is 5.84. The van der Waals surface area contributed by atoms with Crippen LogP contribution in [0.25, 0.3) is 11.4 Å². The van der Waals surface area contributed by atoms with E-state index in [1.807, 2.05) is 35.1 Å². The maximum atomic E-state index is 11.4. The number of aromatic nitrogens is 2. The first-order chi connectivity index (χ1) is 11.6. The van der Waals surface area contributed by atoms with E-state index in [-0.39, 0.29) is 12.1 Å². The fraction of sp³-hybridized carbons (Fsp3) is 0.294. The van der Waals surface area contributed by atoms with Crippen molar-refractivity contribution in [1.29, 1.82) is 0 Å². The van der Waals surface area contributed by atoms with Crippen molar-refractivity contribution in [3.63, 3.8) is 0 Å². The Balaban J connectivity index is 1.82. The van der Waals surface area contributed by atoms with Crippen LogP contribution in [-0.4, -0.2) is 33.4 Å². The van der Waals surface area contributed by atoms with E-state index in [9.17, 15) is 4.79 Å². The fourth-order valence-corrected chi connectivity index (χ4v) is 3.73. The number of nitrogens with zero attached hydrogens (tertiary/aromatic N) is 3. The molecule has 0 saturated carbocycles. The summed E-state index contributed by atoms with van der Waals surface area (Å²) in [5, 5.41) is 9.64. The van der Waals surface area contributed by atoms with E-state index in [1.165, 1.54) is 12.5 Å². The molecule has 0 saturated heterocycles. The summed E-state index contributed by atoms with van der Waals surface area (Å²) < 4.78 is 2.97. The van der Waals surface area contributed by atoms with Gasteiger partial charge in [-0.05, 0) is 47.0 Å². The Morgan fingerprint density at radius 2 is 2.25 bits per heavy atom. The van der Waals surface area contributed by atoms with Crippen LogP contribution in [0, 0.1) is 0 Å². The maximum Gasteiger partial charge on any atom is 0.218 e. The lowest BCUT2D eigenvalue weighted by molar-refractivity contribution is -0.119. The van der Waals surface area contributed by atoms with Crippen LogP contribution in [0.2, 0.25) is 0 Å². The molecule has 0 bridgehead atoms. The van der Waals surface area contributed by atoms with Crippen LogP contribution in [0.1, 0.15) is 24.6 Å². The number of aryl methyl sites for hydroxylation is 1. The van der Waals surface area contributed by atoms with Crippen molar-refractivity contribution in [2.45, 2.75) is 25.9 Å². The Morgan fingerprint density at radius 3 is 3.04 bits per heavy atom. The lowest BCUT2D eigenvalue weighted by atomic mass is 10.1. The fourth-order valence-electron chi connectivity index (χ4n) is 3.28. The van der Waals surface area contributed by atoms with Crippen LogP contribution in [0.5, 0.6) is 0 Å². The number of nitrogens with one attached hydrogen (secondary N) is 2. The Bertz CT molecular complexity index is 828. The molecule has 3 heterocycles. The van der Waals surface area contributed by atoms with E-state index < -0.39 is 0 Å². The summed E-state index contributed by atoms with van der Waals surface area (Å²) in [4.78, 5) is 11.4. The van der Waals surface area contributed by atoms with Gasteiger partial charge in [-0.25, -0.2) is 10.1 Å². The molecule has 2 aliphatic rings. The van der Waals surface area contributed by atoms with Gasteiger partial charge in [-0.1, -0.05) is 12.1 Å². The van der Waals surface area contributed by atoms with Crippen LogP contribution < -0.4 is 10.7 Å². The van der Waals surface area contributed by atoms with E-state index in [1.54, 1.807) is 0 Å². The van der Waals surface area contributed by atoms with Gasteiger partial charge in [0.15, 0.2) is 0 Å². The Labute approximate surface area is 148 Å². The van der Waals surface area contributed by atoms with Crippen LogP contribution in [0.15, 0.2) is 41.0 Å². The molecule has 1 aromatic heterocycles. The first-order valence-electron chi connectivity index (χ1n) is 7.98. The smallest absolute Gasteiger partial charge is 0.218 e. The zero-order chi connectivity index (χ0) is 16.7. The number of hydrogen-bond acceptors (Lipinski definition) is 4. The minimum atomic E-state index is -0.189. The highest BCUT2D eigenvalue weighted by Gasteiger charge is 2.31. The van der Waals surface area contributed by atoms with Gasteiger partial charge in [0.05, 0.1) is 23.3 Å². The van der Waals surface area contributed by atoms with Gasteiger partial charge >= 0.3 is 0 Å². The number of rotatable bonds is 2. The lowest BCUT2D eigenvalue weighted by Crippen LogP contribution is -2.46. The molecule has 0 spiro atoms. The molecule has 1 amide bonds. The molecular weight excluding hydrogens is 370 g/mol. The van der Waals surface area contributed by atoms with Gasteiger partial charge in [0.2, 0.25) is 5.91 Å². The van der Waals surface area contributed by atoms with Crippen molar-refractivity contribution in [3.05, 3.63) is 52.3 Å². The molecule has 1 aromatic carbocycles. The minimum Gasteiger partial charge on any atom is -0.336 e. The van der Waals surface area contributed by atoms with Crippen molar-refractivity contribution in [3.8, 4) is 5.69 Å². The summed E-state index contributed by atoms with van der Waals surface area (Å²) in [5.41, 5.74) is 7.72. The second-order valence-electron chi connectivity index (χ2n) is 6.00. The summed E-state index contributed by atoms with van der Waals surface area (Å²) in [7, 11) is 0. The van der Waals surface area contributed by atoms with Crippen molar-refractivity contribution in [2.75, 3.05) is 6.54 Å². The number of benzene rings is 1. The highest BCUT2D eigenvalue weighted by molar-refractivity contribution is 9.10. The molecule has 2 N–H and O–H groups in total. The molecule has 0 radical (unpaired) electrons. The average Bonchev–Trinajstić information content (AvgIpc) is 3.07. The zero-order valence-corrected chi connectivity index (χ0v) is 14.9. The van der Waals surface area contributed by atoms with E-state index >= 15 is 0 Å². The Morgan fingerprint density at radius 1 is 1.42 bits per heavy atom. The van der Waals surface area contributed by atoms with Crippen molar-refractivity contribution in [1.82, 2.24) is 25.5 Å². The molecular formula is C17H18BrN5O. The molecule has 0 aliphatic carbocycles. The van der Waals surface area contributed by atoms with Crippen LogP contribution >= 0.6 is 15.9 Å². The second kappa shape index (κ2) is 6.07. The van der Waals surface area contributed by atoms with Crippen LogP contribution in [0.3, 0.4) is 0 Å². The number of fused-ring (bicyclic) bond motifs is 3. The summed E-state index contributed by atoms with van der Waals surface area (Å²) in [5.74, 6) is -0.0541. The highest BCUT2D eigenvalue weighted by Crippen LogP contribution is 2.33. The molecule has 2 aromatic rings. The third-order valence-electron chi connectivity index (χ3n) is 4.27. The minimum absolute atomic E-state index is 0.0541. The zero-order valence-electron chi connectivity index (χ0n) is 13.3. The number of hydrogen-bond donors (Lipinski definition) is 2. The number of halogens is 1. The predicted molar refractivity (Wildman–Crippen MR) is 95.0 cm³/mol. The van der Waals surface area contributed by atoms with Gasteiger partial charge in [0.25, 0.3) is 0 Å². The molecule has 7 heteroatoms. The Kier molecular flexibility index (Phi) is 3.90. The first-order valence-corrected chi connectivity index (χ1v) is 8.77. The van der Waals surface area contributed by atoms with Gasteiger partial charge in [0.1, 0.15) is 6.17 Å². The van der Waals surface area contributed by atoms with Gasteiger partial charge < -0.3 is 10.3 Å². The topological polar surface area (TPSA) is 62.2 Å².